The number of anilines is 1. The van der Waals surface area contributed by atoms with Gasteiger partial charge in [0.05, 0.1) is 12.3 Å². The zero-order valence-electron chi connectivity index (χ0n) is 12.3. The lowest BCUT2D eigenvalue weighted by atomic mass is 10.1. The molecule has 6 heteroatoms. The maximum atomic E-state index is 14.3. The summed E-state index contributed by atoms with van der Waals surface area (Å²) >= 11 is 0. The van der Waals surface area contributed by atoms with E-state index in [1.807, 2.05) is 4.90 Å². The summed E-state index contributed by atoms with van der Waals surface area (Å²) in [5, 5.41) is 3.40. The van der Waals surface area contributed by atoms with Crippen molar-refractivity contribution < 1.29 is 13.9 Å². The van der Waals surface area contributed by atoms with Crippen LogP contribution in [0.25, 0.3) is 0 Å². The highest BCUT2D eigenvalue weighted by Gasteiger charge is 2.20. The number of nitrogens with zero attached hydrogens (tertiary/aromatic N) is 1. The fourth-order valence-electron chi connectivity index (χ4n) is 2.61. The molecule has 1 unspecified atom stereocenters. The molecular formula is C15H22FN3O2. The van der Waals surface area contributed by atoms with Crippen molar-refractivity contribution in [2.75, 3.05) is 38.3 Å². The zero-order valence-corrected chi connectivity index (χ0v) is 12.3. The van der Waals surface area contributed by atoms with Crippen molar-refractivity contribution >= 4 is 11.6 Å². The molecule has 3 N–H and O–H groups in total. The Labute approximate surface area is 124 Å². The van der Waals surface area contributed by atoms with Gasteiger partial charge in [-0.25, -0.2) is 4.39 Å². The van der Waals surface area contributed by atoms with Gasteiger partial charge in [0.15, 0.2) is 0 Å². The third kappa shape index (κ3) is 4.15. The van der Waals surface area contributed by atoms with Crippen molar-refractivity contribution in [2.45, 2.75) is 18.9 Å². The van der Waals surface area contributed by atoms with E-state index in [1.165, 1.54) is 6.07 Å². The summed E-state index contributed by atoms with van der Waals surface area (Å²) in [7, 11) is 1.62. The Hall–Kier alpha value is -1.66. The van der Waals surface area contributed by atoms with Gasteiger partial charge in [0.25, 0.3) is 0 Å². The molecule has 0 aromatic heterocycles. The molecule has 0 saturated carbocycles. The first-order chi connectivity index (χ1) is 10.1. The molecule has 1 saturated heterocycles. The number of halogens is 1. The van der Waals surface area contributed by atoms with E-state index < -0.39 is 11.7 Å². The smallest absolute Gasteiger partial charge is 0.248 e. The lowest BCUT2D eigenvalue weighted by Crippen LogP contribution is -2.39. The molecule has 21 heavy (non-hydrogen) atoms. The van der Waals surface area contributed by atoms with Gasteiger partial charge in [0, 0.05) is 31.8 Å². The molecule has 1 amide bonds. The normalized spacial score (nSPS) is 17.9. The van der Waals surface area contributed by atoms with Crippen LogP contribution in [0.3, 0.4) is 0 Å². The van der Waals surface area contributed by atoms with Crippen LogP contribution in [0, 0.1) is 5.82 Å². The number of benzene rings is 1. The average molecular weight is 295 g/mol. The second-order valence-electron chi connectivity index (χ2n) is 5.26. The van der Waals surface area contributed by atoms with Crippen molar-refractivity contribution in [3.05, 3.63) is 29.6 Å². The Morgan fingerprint density at radius 1 is 1.57 bits per heavy atom. The van der Waals surface area contributed by atoms with Gasteiger partial charge < -0.3 is 20.7 Å². The monoisotopic (exact) mass is 295 g/mol. The number of nitrogens with two attached hydrogens (primary N) is 1. The van der Waals surface area contributed by atoms with E-state index >= 15 is 0 Å². The second-order valence-corrected chi connectivity index (χ2v) is 5.26. The molecule has 0 bridgehead atoms. The molecule has 2 rings (SSSR count). The minimum atomic E-state index is -0.624. The Bertz CT molecular complexity index is 490. The highest BCUT2D eigenvalue weighted by atomic mass is 19.1. The van der Waals surface area contributed by atoms with Crippen LogP contribution in [0.1, 0.15) is 23.2 Å². The molecule has 116 valence electrons. The molecule has 1 aromatic carbocycles. The molecular weight excluding hydrogens is 273 g/mol. The van der Waals surface area contributed by atoms with Gasteiger partial charge in [-0.3, -0.25) is 4.79 Å². The Morgan fingerprint density at radius 3 is 2.95 bits per heavy atom. The zero-order chi connectivity index (χ0) is 15.2. The van der Waals surface area contributed by atoms with E-state index in [1.54, 1.807) is 19.2 Å². The topological polar surface area (TPSA) is 67.6 Å². The van der Waals surface area contributed by atoms with Crippen molar-refractivity contribution in [2.24, 2.45) is 5.73 Å². The van der Waals surface area contributed by atoms with Gasteiger partial charge in [0.2, 0.25) is 5.91 Å². The standard InChI is InChI=1S/C15H22FN3O2/c1-21-8-7-19(10-12-3-2-6-18-12)14-5-4-11(15(17)20)9-13(14)16/h4-5,9,12,18H,2-3,6-8,10H2,1H3,(H2,17,20). The summed E-state index contributed by atoms with van der Waals surface area (Å²) < 4.78 is 19.4. The number of hydrogen-bond donors (Lipinski definition) is 2. The third-order valence-electron chi connectivity index (χ3n) is 3.74. The minimum Gasteiger partial charge on any atom is -0.383 e. The van der Waals surface area contributed by atoms with Crippen molar-refractivity contribution in [1.29, 1.82) is 0 Å². The van der Waals surface area contributed by atoms with Crippen molar-refractivity contribution in [3.63, 3.8) is 0 Å². The van der Waals surface area contributed by atoms with Crippen molar-refractivity contribution in [1.82, 2.24) is 5.32 Å². The first-order valence-corrected chi connectivity index (χ1v) is 7.18. The first-order valence-electron chi connectivity index (χ1n) is 7.18. The molecule has 1 aromatic rings. The summed E-state index contributed by atoms with van der Waals surface area (Å²) in [6.07, 6.45) is 2.23. The largest absolute Gasteiger partial charge is 0.383 e. The Morgan fingerprint density at radius 2 is 2.38 bits per heavy atom. The number of nitrogens with one attached hydrogen (secondary N) is 1. The van der Waals surface area contributed by atoms with Gasteiger partial charge in [-0.2, -0.15) is 0 Å². The third-order valence-corrected chi connectivity index (χ3v) is 3.74. The minimum absolute atomic E-state index is 0.182. The van der Waals surface area contributed by atoms with Gasteiger partial charge in [0.1, 0.15) is 5.82 Å². The van der Waals surface area contributed by atoms with Crippen LogP contribution >= 0.6 is 0 Å². The SMILES string of the molecule is COCCN(CC1CCCN1)c1ccc(C(N)=O)cc1F. The molecule has 0 aliphatic carbocycles. The van der Waals surface area contributed by atoms with Gasteiger partial charge in [-0.05, 0) is 37.6 Å². The molecule has 0 spiro atoms. The Balaban J connectivity index is 2.16. The van der Waals surface area contributed by atoms with E-state index in [-0.39, 0.29) is 5.56 Å². The number of methoxy groups -OCH3 is 1. The van der Waals surface area contributed by atoms with Crippen molar-refractivity contribution in [3.8, 4) is 0 Å². The number of rotatable bonds is 7. The number of carbonyl (C=O) groups excluding carboxylic acids is 1. The summed E-state index contributed by atoms with van der Waals surface area (Å²) in [5.74, 6) is -1.05. The molecule has 5 nitrogen and oxygen atoms in total. The second kappa shape index (κ2) is 7.38. The molecule has 1 atom stereocenters. The summed E-state index contributed by atoms with van der Waals surface area (Å²) in [5.41, 5.74) is 5.83. The van der Waals surface area contributed by atoms with Gasteiger partial charge >= 0.3 is 0 Å². The summed E-state index contributed by atoms with van der Waals surface area (Å²) in [6.45, 7) is 2.84. The number of hydrogen-bond acceptors (Lipinski definition) is 4. The average Bonchev–Trinajstić information content (AvgIpc) is 2.96. The van der Waals surface area contributed by atoms with Crippen LogP contribution in [-0.2, 0) is 4.74 Å². The maximum absolute atomic E-state index is 14.3. The molecule has 1 fully saturated rings. The van der Waals surface area contributed by atoms with E-state index in [9.17, 15) is 9.18 Å². The highest BCUT2D eigenvalue weighted by Crippen LogP contribution is 2.22. The molecule has 1 heterocycles. The Kier molecular flexibility index (Phi) is 5.52. The summed E-state index contributed by atoms with van der Waals surface area (Å²) in [4.78, 5) is 13.0. The maximum Gasteiger partial charge on any atom is 0.248 e. The fraction of sp³-hybridized carbons (Fsp3) is 0.533. The predicted octanol–water partition coefficient (Wildman–Crippen LogP) is 1.13. The summed E-state index contributed by atoms with van der Waals surface area (Å²) in [6, 6.07) is 4.72. The number of primary amides is 1. The molecule has 1 aliphatic heterocycles. The lowest BCUT2D eigenvalue weighted by molar-refractivity contribution is 0.1000. The number of carbonyl (C=O) groups is 1. The van der Waals surface area contributed by atoms with Crippen LogP contribution in [0.15, 0.2) is 18.2 Å². The van der Waals surface area contributed by atoms with E-state index in [2.05, 4.69) is 5.32 Å². The van der Waals surface area contributed by atoms with E-state index in [0.717, 1.165) is 25.9 Å². The van der Waals surface area contributed by atoms with Gasteiger partial charge in [-0.1, -0.05) is 0 Å². The van der Waals surface area contributed by atoms with Crippen LogP contribution in [0.4, 0.5) is 10.1 Å². The highest BCUT2D eigenvalue weighted by molar-refractivity contribution is 5.93. The van der Waals surface area contributed by atoms with Crippen LogP contribution < -0.4 is 16.0 Å². The quantitative estimate of drug-likeness (QED) is 0.791. The number of ether oxygens (including phenoxy) is 1. The van der Waals surface area contributed by atoms with E-state index in [4.69, 9.17) is 10.5 Å². The van der Waals surface area contributed by atoms with Crippen LogP contribution in [0.2, 0.25) is 0 Å². The number of amides is 1. The first kappa shape index (κ1) is 15.7. The molecule has 0 radical (unpaired) electrons. The van der Waals surface area contributed by atoms with E-state index in [0.29, 0.717) is 24.9 Å². The predicted molar refractivity (Wildman–Crippen MR) is 80.0 cm³/mol. The van der Waals surface area contributed by atoms with Gasteiger partial charge in [-0.15, -0.1) is 0 Å². The van der Waals surface area contributed by atoms with Crippen LogP contribution in [0.5, 0.6) is 0 Å². The lowest BCUT2D eigenvalue weighted by Gasteiger charge is -2.28. The van der Waals surface area contributed by atoms with Crippen LogP contribution in [-0.4, -0.2) is 45.3 Å². The molecule has 1 aliphatic rings. The fourth-order valence-corrected chi connectivity index (χ4v) is 2.61.